The van der Waals surface area contributed by atoms with Crippen molar-refractivity contribution in [1.82, 2.24) is 0 Å². The molecule has 0 aliphatic heterocycles. The first kappa shape index (κ1) is 11.5. The summed E-state index contributed by atoms with van der Waals surface area (Å²) in [5, 5.41) is 8.68. The number of benzene rings is 1. The van der Waals surface area contributed by atoms with Crippen molar-refractivity contribution < 1.29 is 14.6 Å². The van der Waals surface area contributed by atoms with Gasteiger partial charge in [-0.25, -0.2) is 0 Å². The first-order valence-corrected chi connectivity index (χ1v) is 4.66. The summed E-state index contributed by atoms with van der Waals surface area (Å²) < 4.78 is 5.09. The Kier molecular flexibility index (Phi) is 3.68. The standard InChI is InChI=1S/C11H15NO3/c1-7-3-8(5-9(4-7)15-2)6-10(12)11(13)14/h3-5,10H,6,12H2,1-2H3,(H,13,14). The van der Waals surface area contributed by atoms with Crippen LogP contribution in [-0.4, -0.2) is 24.2 Å². The van der Waals surface area contributed by atoms with Gasteiger partial charge in [0.15, 0.2) is 0 Å². The minimum Gasteiger partial charge on any atom is -0.497 e. The molecule has 0 spiro atoms. The highest BCUT2D eigenvalue weighted by molar-refractivity contribution is 5.73. The van der Waals surface area contributed by atoms with E-state index < -0.39 is 12.0 Å². The molecule has 1 aromatic carbocycles. The Balaban J connectivity index is 2.85. The number of carbonyl (C=O) groups is 1. The molecule has 15 heavy (non-hydrogen) atoms. The highest BCUT2D eigenvalue weighted by Crippen LogP contribution is 2.17. The minimum atomic E-state index is -0.990. The van der Waals surface area contributed by atoms with Crippen molar-refractivity contribution in [3.05, 3.63) is 29.3 Å². The number of aliphatic carboxylic acids is 1. The summed E-state index contributed by atoms with van der Waals surface area (Å²) in [5.74, 6) is -0.266. The van der Waals surface area contributed by atoms with Gasteiger partial charge in [0.2, 0.25) is 0 Å². The zero-order chi connectivity index (χ0) is 11.4. The fraction of sp³-hybridized carbons (Fsp3) is 0.364. The zero-order valence-electron chi connectivity index (χ0n) is 8.86. The largest absolute Gasteiger partial charge is 0.497 e. The van der Waals surface area contributed by atoms with Crippen molar-refractivity contribution in [3.63, 3.8) is 0 Å². The van der Waals surface area contributed by atoms with E-state index in [4.69, 9.17) is 15.6 Å². The minimum absolute atomic E-state index is 0.313. The van der Waals surface area contributed by atoms with Gasteiger partial charge in [0.05, 0.1) is 7.11 Å². The highest BCUT2D eigenvalue weighted by Gasteiger charge is 2.12. The summed E-state index contributed by atoms with van der Waals surface area (Å²) in [6.45, 7) is 1.93. The van der Waals surface area contributed by atoms with E-state index in [2.05, 4.69) is 0 Å². The van der Waals surface area contributed by atoms with E-state index in [0.717, 1.165) is 16.9 Å². The molecule has 82 valence electrons. The van der Waals surface area contributed by atoms with Crippen LogP contribution in [0.1, 0.15) is 11.1 Å². The van der Waals surface area contributed by atoms with Crippen LogP contribution >= 0.6 is 0 Å². The third-order valence-corrected chi connectivity index (χ3v) is 2.12. The molecule has 1 aromatic rings. The number of ether oxygens (including phenoxy) is 1. The van der Waals surface area contributed by atoms with E-state index in [0.29, 0.717) is 6.42 Å². The van der Waals surface area contributed by atoms with Gasteiger partial charge in [0.1, 0.15) is 11.8 Å². The summed E-state index contributed by atoms with van der Waals surface area (Å²) in [4.78, 5) is 10.6. The molecule has 3 N–H and O–H groups in total. The Morgan fingerprint density at radius 2 is 2.20 bits per heavy atom. The number of carboxylic acid groups (broad SMARTS) is 1. The Morgan fingerprint density at radius 1 is 1.53 bits per heavy atom. The number of carboxylic acids is 1. The van der Waals surface area contributed by atoms with E-state index in [1.165, 1.54) is 0 Å². The molecule has 0 radical (unpaired) electrons. The fourth-order valence-corrected chi connectivity index (χ4v) is 1.40. The Bertz CT molecular complexity index is 363. The Hall–Kier alpha value is -1.55. The monoisotopic (exact) mass is 209 g/mol. The third-order valence-electron chi connectivity index (χ3n) is 2.12. The van der Waals surface area contributed by atoms with E-state index in [-0.39, 0.29) is 0 Å². The van der Waals surface area contributed by atoms with Crippen molar-refractivity contribution in [2.24, 2.45) is 5.73 Å². The zero-order valence-corrected chi connectivity index (χ0v) is 8.86. The molecule has 0 amide bonds. The molecule has 0 aromatic heterocycles. The van der Waals surface area contributed by atoms with Crippen LogP contribution in [0.2, 0.25) is 0 Å². The molecule has 1 atom stereocenters. The van der Waals surface area contributed by atoms with Gasteiger partial charge in [0, 0.05) is 0 Å². The van der Waals surface area contributed by atoms with Crippen LogP contribution in [0.4, 0.5) is 0 Å². The van der Waals surface area contributed by atoms with Gasteiger partial charge in [0.25, 0.3) is 0 Å². The molecule has 1 unspecified atom stereocenters. The lowest BCUT2D eigenvalue weighted by atomic mass is 10.0. The third kappa shape index (κ3) is 3.25. The van der Waals surface area contributed by atoms with E-state index in [1.807, 2.05) is 19.1 Å². The molecule has 0 bridgehead atoms. The molecule has 4 nitrogen and oxygen atoms in total. The number of methoxy groups -OCH3 is 1. The van der Waals surface area contributed by atoms with E-state index >= 15 is 0 Å². The number of hydrogen-bond acceptors (Lipinski definition) is 3. The number of aryl methyl sites for hydroxylation is 1. The summed E-state index contributed by atoms with van der Waals surface area (Å²) in [6, 6.07) is 4.73. The predicted molar refractivity (Wildman–Crippen MR) is 57.0 cm³/mol. The van der Waals surface area contributed by atoms with Crippen LogP contribution in [0.5, 0.6) is 5.75 Å². The number of rotatable bonds is 4. The quantitative estimate of drug-likeness (QED) is 0.774. The van der Waals surface area contributed by atoms with Gasteiger partial charge in [-0.3, -0.25) is 4.79 Å². The van der Waals surface area contributed by atoms with E-state index in [9.17, 15) is 4.79 Å². The summed E-state index contributed by atoms with van der Waals surface area (Å²) >= 11 is 0. The van der Waals surface area contributed by atoms with Crippen LogP contribution in [0, 0.1) is 6.92 Å². The Labute approximate surface area is 88.7 Å². The normalized spacial score (nSPS) is 12.2. The van der Waals surface area contributed by atoms with Crippen molar-refractivity contribution in [1.29, 1.82) is 0 Å². The molecule has 0 aliphatic carbocycles. The second-order valence-corrected chi connectivity index (χ2v) is 3.51. The lowest BCUT2D eigenvalue weighted by molar-refractivity contribution is -0.138. The SMILES string of the molecule is COc1cc(C)cc(CC(N)C(=O)O)c1. The average molecular weight is 209 g/mol. The Morgan fingerprint density at radius 3 is 2.73 bits per heavy atom. The van der Waals surface area contributed by atoms with Crippen LogP contribution in [0.15, 0.2) is 18.2 Å². The second kappa shape index (κ2) is 4.79. The lowest BCUT2D eigenvalue weighted by Crippen LogP contribution is -2.32. The van der Waals surface area contributed by atoms with Gasteiger partial charge < -0.3 is 15.6 Å². The first-order chi connectivity index (χ1) is 7.02. The second-order valence-electron chi connectivity index (χ2n) is 3.51. The fourth-order valence-electron chi connectivity index (χ4n) is 1.40. The molecule has 0 aliphatic rings. The molecule has 4 heteroatoms. The van der Waals surface area contributed by atoms with Crippen molar-refractivity contribution >= 4 is 5.97 Å². The van der Waals surface area contributed by atoms with E-state index in [1.54, 1.807) is 13.2 Å². The van der Waals surface area contributed by atoms with Crippen LogP contribution in [0.3, 0.4) is 0 Å². The maximum Gasteiger partial charge on any atom is 0.320 e. The molecule has 0 saturated carbocycles. The molecule has 1 rings (SSSR count). The molecular formula is C11H15NO3. The lowest BCUT2D eigenvalue weighted by Gasteiger charge is -2.09. The van der Waals surface area contributed by atoms with Crippen LogP contribution < -0.4 is 10.5 Å². The van der Waals surface area contributed by atoms with Crippen molar-refractivity contribution in [2.45, 2.75) is 19.4 Å². The van der Waals surface area contributed by atoms with Gasteiger partial charge in [-0.05, 0) is 36.6 Å². The van der Waals surface area contributed by atoms with Gasteiger partial charge in [-0.1, -0.05) is 6.07 Å². The smallest absolute Gasteiger partial charge is 0.320 e. The van der Waals surface area contributed by atoms with Crippen molar-refractivity contribution in [2.75, 3.05) is 7.11 Å². The number of nitrogens with two attached hydrogens (primary N) is 1. The first-order valence-electron chi connectivity index (χ1n) is 4.66. The molecule has 0 fully saturated rings. The maximum absolute atomic E-state index is 10.6. The molecule has 0 heterocycles. The summed E-state index contributed by atoms with van der Waals surface area (Å²) in [7, 11) is 1.58. The average Bonchev–Trinajstić information content (AvgIpc) is 2.16. The van der Waals surface area contributed by atoms with Crippen LogP contribution in [0.25, 0.3) is 0 Å². The summed E-state index contributed by atoms with van der Waals surface area (Å²) in [6.07, 6.45) is 0.313. The van der Waals surface area contributed by atoms with Gasteiger partial charge in [-0.2, -0.15) is 0 Å². The van der Waals surface area contributed by atoms with Crippen LogP contribution in [-0.2, 0) is 11.2 Å². The summed E-state index contributed by atoms with van der Waals surface area (Å²) in [5.41, 5.74) is 7.36. The van der Waals surface area contributed by atoms with Gasteiger partial charge in [-0.15, -0.1) is 0 Å². The highest BCUT2D eigenvalue weighted by atomic mass is 16.5. The number of hydrogen-bond donors (Lipinski definition) is 2. The molecular weight excluding hydrogens is 194 g/mol. The molecule has 0 saturated heterocycles. The topological polar surface area (TPSA) is 72.5 Å². The van der Waals surface area contributed by atoms with Crippen molar-refractivity contribution in [3.8, 4) is 5.75 Å². The predicted octanol–water partition coefficient (Wildman–Crippen LogP) is 0.958. The van der Waals surface area contributed by atoms with Gasteiger partial charge >= 0.3 is 5.97 Å². The maximum atomic E-state index is 10.6.